The number of thiol groups is 1. The summed E-state index contributed by atoms with van der Waals surface area (Å²) in [5, 5.41) is 2.18. The summed E-state index contributed by atoms with van der Waals surface area (Å²) >= 11 is 4.11. The molecule has 0 saturated carbocycles. The van der Waals surface area contributed by atoms with Gasteiger partial charge in [-0.3, -0.25) is 0 Å². The standard InChI is InChI=1S/C23H26N2O3S/c1-3-4-12-21(27-19-10-7-9-18(15-19)25(29)23(24)26)28-22-16(2)13-14-17-8-5-6-11-20(17)22/h5-11,13-15,21,29H,3-4,12H2,1-2H3,(H2,24,26). The lowest BCUT2D eigenvalue weighted by atomic mass is 10.1. The lowest BCUT2D eigenvalue weighted by molar-refractivity contribution is -0.00141. The van der Waals surface area contributed by atoms with Crippen molar-refractivity contribution in [2.24, 2.45) is 5.73 Å². The van der Waals surface area contributed by atoms with E-state index in [1.165, 1.54) is 0 Å². The molecule has 0 spiro atoms. The molecule has 1 unspecified atom stereocenters. The van der Waals surface area contributed by atoms with Gasteiger partial charge in [-0.25, -0.2) is 9.10 Å². The van der Waals surface area contributed by atoms with E-state index in [9.17, 15) is 4.79 Å². The van der Waals surface area contributed by atoms with Crippen molar-refractivity contribution >= 4 is 35.3 Å². The summed E-state index contributed by atoms with van der Waals surface area (Å²) < 4.78 is 13.6. The van der Waals surface area contributed by atoms with Crippen LogP contribution in [-0.2, 0) is 0 Å². The van der Waals surface area contributed by atoms with E-state index in [-0.39, 0.29) is 0 Å². The molecule has 0 fully saturated rings. The molecule has 0 aliphatic heterocycles. The van der Waals surface area contributed by atoms with Crippen molar-refractivity contribution in [1.82, 2.24) is 0 Å². The molecule has 3 aromatic carbocycles. The first kappa shape index (κ1) is 20.9. The Morgan fingerprint density at radius 2 is 1.90 bits per heavy atom. The first-order chi connectivity index (χ1) is 14.0. The Kier molecular flexibility index (Phi) is 6.88. The molecule has 1 atom stereocenters. The van der Waals surface area contributed by atoms with Gasteiger partial charge in [0.1, 0.15) is 11.5 Å². The Morgan fingerprint density at radius 1 is 1.10 bits per heavy atom. The number of hydrogen-bond acceptors (Lipinski definition) is 4. The number of ether oxygens (including phenoxy) is 2. The van der Waals surface area contributed by atoms with E-state index < -0.39 is 12.3 Å². The maximum atomic E-state index is 11.4. The highest BCUT2D eigenvalue weighted by Gasteiger charge is 2.17. The molecule has 0 saturated heterocycles. The van der Waals surface area contributed by atoms with E-state index in [4.69, 9.17) is 15.2 Å². The molecule has 0 aromatic heterocycles. The maximum absolute atomic E-state index is 11.4. The first-order valence-electron chi connectivity index (χ1n) is 9.69. The number of urea groups is 1. The highest BCUT2D eigenvalue weighted by atomic mass is 32.1. The zero-order chi connectivity index (χ0) is 20.8. The second-order valence-electron chi connectivity index (χ2n) is 6.89. The number of nitrogens with two attached hydrogens (primary N) is 1. The SMILES string of the molecule is CCCCC(Oc1cccc(N(S)C(N)=O)c1)Oc1c(C)ccc2ccccc12. The van der Waals surface area contributed by atoms with Crippen LogP contribution in [0.25, 0.3) is 10.8 Å². The first-order valence-corrected chi connectivity index (χ1v) is 10.1. The molecule has 152 valence electrons. The van der Waals surface area contributed by atoms with E-state index in [2.05, 4.69) is 44.0 Å². The molecule has 0 aliphatic rings. The van der Waals surface area contributed by atoms with Gasteiger partial charge in [-0.1, -0.05) is 68.6 Å². The minimum absolute atomic E-state index is 0.461. The Morgan fingerprint density at radius 3 is 2.66 bits per heavy atom. The fraction of sp³-hybridized carbons (Fsp3) is 0.261. The predicted octanol–water partition coefficient (Wildman–Crippen LogP) is 5.85. The van der Waals surface area contributed by atoms with Crippen LogP contribution in [0.5, 0.6) is 11.5 Å². The van der Waals surface area contributed by atoms with Crippen molar-refractivity contribution in [2.45, 2.75) is 39.4 Å². The van der Waals surface area contributed by atoms with Gasteiger partial charge >= 0.3 is 6.03 Å². The number of fused-ring (bicyclic) bond motifs is 1. The third-order valence-electron chi connectivity index (χ3n) is 4.66. The lowest BCUT2D eigenvalue weighted by Crippen LogP contribution is -2.27. The van der Waals surface area contributed by atoms with Crippen LogP contribution in [0.4, 0.5) is 10.5 Å². The third kappa shape index (κ3) is 5.15. The van der Waals surface area contributed by atoms with Gasteiger partial charge in [0.2, 0.25) is 6.29 Å². The average Bonchev–Trinajstić information content (AvgIpc) is 2.73. The number of primary amides is 1. The van der Waals surface area contributed by atoms with Crippen LogP contribution in [0.15, 0.2) is 60.7 Å². The second-order valence-corrected chi connectivity index (χ2v) is 7.29. The Balaban J connectivity index is 1.87. The zero-order valence-corrected chi connectivity index (χ0v) is 17.6. The van der Waals surface area contributed by atoms with E-state index in [0.29, 0.717) is 11.4 Å². The number of carbonyl (C=O) groups excluding carboxylic acids is 1. The summed E-state index contributed by atoms with van der Waals surface area (Å²) in [6.07, 6.45) is 2.28. The van der Waals surface area contributed by atoms with Crippen molar-refractivity contribution in [2.75, 3.05) is 4.31 Å². The largest absolute Gasteiger partial charge is 0.455 e. The number of hydrogen-bond donors (Lipinski definition) is 2. The number of carbonyl (C=O) groups is 1. The van der Waals surface area contributed by atoms with Gasteiger partial charge in [-0.2, -0.15) is 0 Å². The number of amides is 2. The third-order valence-corrected chi connectivity index (χ3v) is 5.09. The van der Waals surface area contributed by atoms with Crippen molar-refractivity contribution in [3.8, 4) is 11.5 Å². The van der Waals surface area contributed by atoms with Gasteiger partial charge in [0.15, 0.2) is 0 Å². The summed E-state index contributed by atoms with van der Waals surface area (Å²) in [5.41, 5.74) is 6.89. The van der Waals surface area contributed by atoms with E-state index in [0.717, 1.165) is 45.7 Å². The molecular weight excluding hydrogens is 384 g/mol. The molecule has 0 heterocycles. The normalized spacial score (nSPS) is 11.8. The predicted molar refractivity (Wildman–Crippen MR) is 121 cm³/mol. The van der Waals surface area contributed by atoms with Crippen molar-refractivity contribution < 1.29 is 14.3 Å². The van der Waals surface area contributed by atoms with Crippen LogP contribution in [0, 0.1) is 6.92 Å². The van der Waals surface area contributed by atoms with Gasteiger partial charge in [-0.15, -0.1) is 0 Å². The van der Waals surface area contributed by atoms with Crippen LogP contribution in [0.1, 0.15) is 31.7 Å². The topological polar surface area (TPSA) is 64.8 Å². The number of aryl methyl sites for hydroxylation is 1. The fourth-order valence-corrected chi connectivity index (χ4v) is 3.24. The summed E-state index contributed by atoms with van der Waals surface area (Å²) in [6, 6.07) is 18.7. The van der Waals surface area contributed by atoms with Crippen molar-refractivity contribution in [3.05, 3.63) is 66.2 Å². The lowest BCUT2D eigenvalue weighted by Gasteiger charge is -2.23. The van der Waals surface area contributed by atoms with Gasteiger partial charge in [0.25, 0.3) is 0 Å². The molecule has 6 heteroatoms. The average molecular weight is 411 g/mol. The Bertz CT molecular complexity index is 993. The Hall–Kier alpha value is -2.86. The van der Waals surface area contributed by atoms with Crippen molar-refractivity contribution in [1.29, 1.82) is 0 Å². The van der Waals surface area contributed by atoms with E-state index in [1.807, 2.05) is 25.1 Å². The van der Waals surface area contributed by atoms with Gasteiger partial charge in [0, 0.05) is 17.9 Å². The molecule has 29 heavy (non-hydrogen) atoms. The molecule has 0 bridgehead atoms. The molecule has 0 aliphatic carbocycles. The molecule has 3 rings (SSSR count). The minimum Gasteiger partial charge on any atom is -0.455 e. The monoisotopic (exact) mass is 410 g/mol. The molecule has 3 aromatic rings. The Labute approximate surface area is 177 Å². The fourth-order valence-electron chi connectivity index (χ4n) is 3.12. The van der Waals surface area contributed by atoms with Crippen molar-refractivity contribution in [3.63, 3.8) is 0 Å². The van der Waals surface area contributed by atoms with Crippen LogP contribution in [0.2, 0.25) is 0 Å². The number of unbranched alkanes of at least 4 members (excludes halogenated alkanes) is 1. The zero-order valence-electron chi connectivity index (χ0n) is 16.7. The highest BCUT2D eigenvalue weighted by Crippen LogP contribution is 2.32. The van der Waals surface area contributed by atoms with E-state index >= 15 is 0 Å². The highest BCUT2D eigenvalue weighted by molar-refractivity contribution is 7.82. The smallest absolute Gasteiger partial charge is 0.329 e. The molecule has 2 amide bonds. The number of rotatable bonds is 8. The quantitative estimate of drug-likeness (QED) is 0.361. The summed E-state index contributed by atoms with van der Waals surface area (Å²) in [4.78, 5) is 11.4. The summed E-state index contributed by atoms with van der Waals surface area (Å²) in [6.45, 7) is 4.16. The maximum Gasteiger partial charge on any atom is 0.329 e. The minimum atomic E-state index is -0.657. The summed E-state index contributed by atoms with van der Waals surface area (Å²) in [5.74, 6) is 1.41. The second kappa shape index (κ2) is 9.56. The molecule has 2 N–H and O–H groups in total. The van der Waals surface area contributed by atoms with Crippen LogP contribution in [0.3, 0.4) is 0 Å². The van der Waals surface area contributed by atoms with Gasteiger partial charge in [0.05, 0.1) is 5.69 Å². The summed E-state index contributed by atoms with van der Waals surface area (Å²) in [7, 11) is 0. The van der Waals surface area contributed by atoms with Crippen LogP contribution in [-0.4, -0.2) is 12.3 Å². The number of benzene rings is 3. The van der Waals surface area contributed by atoms with Crippen LogP contribution < -0.4 is 19.5 Å². The number of anilines is 1. The van der Waals surface area contributed by atoms with Gasteiger partial charge < -0.3 is 15.2 Å². The molecule has 5 nitrogen and oxygen atoms in total. The molecule has 0 radical (unpaired) electrons. The van der Waals surface area contributed by atoms with E-state index in [1.54, 1.807) is 18.2 Å². The van der Waals surface area contributed by atoms with Gasteiger partial charge in [-0.05, 0) is 36.4 Å². The molecular formula is C23H26N2O3S. The number of nitrogens with zero attached hydrogens (tertiary/aromatic N) is 1. The van der Waals surface area contributed by atoms with Crippen LogP contribution >= 0.6 is 12.8 Å².